The Morgan fingerprint density at radius 3 is 2.90 bits per heavy atom. The molecule has 1 aromatic rings. The Balaban J connectivity index is 1.65. The summed E-state index contributed by atoms with van der Waals surface area (Å²) in [7, 11) is 1.80. The van der Waals surface area contributed by atoms with Crippen LogP contribution in [0.25, 0.3) is 0 Å². The zero-order chi connectivity index (χ0) is 14.9. The van der Waals surface area contributed by atoms with Gasteiger partial charge in [0.1, 0.15) is 12.0 Å². The van der Waals surface area contributed by atoms with E-state index >= 15 is 0 Å². The Morgan fingerprint density at radius 2 is 2.24 bits per heavy atom. The van der Waals surface area contributed by atoms with E-state index in [4.69, 9.17) is 4.52 Å². The van der Waals surface area contributed by atoms with Crippen molar-refractivity contribution in [2.75, 3.05) is 7.05 Å². The van der Waals surface area contributed by atoms with E-state index in [1.54, 1.807) is 13.3 Å². The van der Waals surface area contributed by atoms with Gasteiger partial charge in [0.15, 0.2) is 5.96 Å². The predicted octanol–water partition coefficient (Wildman–Crippen LogP) is 3.09. The van der Waals surface area contributed by atoms with E-state index in [1.165, 1.54) is 44.9 Å². The zero-order valence-corrected chi connectivity index (χ0v) is 13.3. The fourth-order valence-corrected chi connectivity index (χ4v) is 2.96. The van der Waals surface area contributed by atoms with Crippen LogP contribution in [0.5, 0.6) is 0 Å². The van der Waals surface area contributed by atoms with Crippen molar-refractivity contribution >= 4 is 5.96 Å². The normalized spacial score (nSPS) is 18.5. The Kier molecular flexibility index (Phi) is 6.57. The van der Waals surface area contributed by atoms with E-state index in [0.29, 0.717) is 12.6 Å². The van der Waals surface area contributed by atoms with Crippen molar-refractivity contribution in [1.29, 1.82) is 0 Å². The molecule has 2 rings (SSSR count). The first-order chi connectivity index (χ1) is 10.3. The van der Waals surface area contributed by atoms with Gasteiger partial charge in [-0.3, -0.25) is 4.99 Å². The van der Waals surface area contributed by atoms with E-state index in [9.17, 15) is 0 Å². The van der Waals surface area contributed by atoms with Gasteiger partial charge in [-0.25, -0.2) is 0 Å². The van der Waals surface area contributed by atoms with Crippen LogP contribution in [0.4, 0.5) is 0 Å². The number of guanidine groups is 1. The topological polar surface area (TPSA) is 62.5 Å². The molecule has 5 nitrogen and oxygen atoms in total. The Morgan fingerprint density at radius 1 is 1.43 bits per heavy atom. The standard InChI is InChI=1S/C16H28N4O/c1-13(8-9-14-6-4-3-5-7-14)19-16(17-2)18-12-15-10-11-21-20-15/h10-11,13-14H,3-9,12H2,1-2H3,(H2,17,18,19). The van der Waals surface area contributed by atoms with E-state index < -0.39 is 0 Å². The van der Waals surface area contributed by atoms with E-state index in [0.717, 1.165) is 17.6 Å². The smallest absolute Gasteiger partial charge is 0.191 e. The van der Waals surface area contributed by atoms with Gasteiger partial charge >= 0.3 is 0 Å². The average molecular weight is 292 g/mol. The van der Waals surface area contributed by atoms with E-state index in [1.807, 2.05) is 6.07 Å². The quantitative estimate of drug-likeness (QED) is 0.625. The third kappa shape index (κ3) is 5.78. The van der Waals surface area contributed by atoms with E-state index in [2.05, 4.69) is 27.7 Å². The van der Waals surface area contributed by atoms with Crippen LogP contribution in [0.3, 0.4) is 0 Å². The molecule has 1 aliphatic rings. The van der Waals surface area contributed by atoms with Gasteiger partial charge in [0.05, 0.1) is 6.54 Å². The van der Waals surface area contributed by atoms with Crippen LogP contribution in [0, 0.1) is 5.92 Å². The zero-order valence-electron chi connectivity index (χ0n) is 13.3. The van der Waals surface area contributed by atoms with Crippen molar-refractivity contribution < 1.29 is 4.52 Å². The molecule has 0 aromatic carbocycles. The maximum Gasteiger partial charge on any atom is 0.191 e. The van der Waals surface area contributed by atoms with Gasteiger partial charge in [-0.05, 0) is 25.7 Å². The second kappa shape index (κ2) is 8.70. The molecule has 2 N–H and O–H groups in total. The fraction of sp³-hybridized carbons (Fsp3) is 0.750. The van der Waals surface area contributed by atoms with Crippen LogP contribution in [0.2, 0.25) is 0 Å². The Hall–Kier alpha value is -1.52. The third-order valence-corrected chi connectivity index (χ3v) is 4.27. The van der Waals surface area contributed by atoms with Crippen molar-refractivity contribution in [2.24, 2.45) is 10.9 Å². The first-order valence-corrected chi connectivity index (χ1v) is 8.14. The molecule has 21 heavy (non-hydrogen) atoms. The van der Waals surface area contributed by atoms with Crippen LogP contribution in [-0.2, 0) is 6.54 Å². The minimum atomic E-state index is 0.440. The average Bonchev–Trinajstić information content (AvgIpc) is 3.04. The largest absolute Gasteiger partial charge is 0.364 e. The minimum absolute atomic E-state index is 0.440. The minimum Gasteiger partial charge on any atom is -0.364 e. The van der Waals surface area contributed by atoms with Gasteiger partial charge in [0.25, 0.3) is 0 Å². The molecule has 118 valence electrons. The monoisotopic (exact) mass is 292 g/mol. The van der Waals surface area contributed by atoms with Crippen molar-refractivity contribution in [3.8, 4) is 0 Å². The Bertz CT molecular complexity index is 410. The molecule has 0 saturated heterocycles. The van der Waals surface area contributed by atoms with Crippen molar-refractivity contribution in [3.63, 3.8) is 0 Å². The third-order valence-electron chi connectivity index (χ3n) is 4.27. The first kappa shape index (κ1) is 15.9. The number of rotatable bonds is 6. The molecule has 0 radical (unpaired) electrons. The van der Waals surface area contributed by atoms with Crippen LogP contribution in [-0.4, -0.2) is 24.2 Å². The van der Waals surface area contributed by atoms with E-state index in [-0.39, 0.29) is 0 Å². The van der Waals surface area contributed by atoms with Gasteiger partial charge in [-0.2, -0.15) is 0 Å². The highest BCUT2D eigenvalue weighted by atomic mass is 16.5. The van der Waals surface area contributed by atoms with Gasteiger partial charge in [0, 0.05) is 19.2 Å². The summed E-state index contributed by atoms with van der Waals surface area (Å²) < 4.78 is 4.82. The lowest BCUT2D eigenvalue weighted by Gasteiger charge is -2.24. The molecule has 1 fully saturated rings. The molecule has 5 heteroatoms. The number of hydrogen-bond acceptors (Lipinski definition) is 3. The number of nitrogens with zero attached hydrogens (tertiary/aromatic N) is 2. The highest BCUT2D eigenvalue weighted by molar-refractivity contribution is 5.79. The van der Waals surface area contributed by atoms with Gasteiger partial charge in [-0.15, -0.1) is 0 Å². The molecule has 0 spiro atoms. The van der Waals surface area contributed by atoms with Gasteiger partial charge < -0.3 is 15.2 Å². The van der Waals surface area contributed by atoms with Crippen LogP contribution < -0.4 is 10.6 Å². The number of hydrogen-bond donors (Lipinski definition) is 2. The molecule has 1 saturated carbocycles. The summed E-state index contributed by atoms with van der Waals surface area (Å²) in [6, 6.07) is 2.29. The summed E-state index contributed by atoms with van der Waals surface area (Å²) >= 11 is 0. The lowest BCUT2D eigenvalue weighted by Crippen LogP contribution is -2.42. The molecule has 0 amide bonds. The summed E-state index contributed by atoms with van der Waals surface area (Å²) in [6.07, 6.45) is 11.2. The summed E-state index contributed by atoms with van der Waals surface area (Å²) in [5, 5.41) is 10.6. The lowest BCUT2D eigenvalue weighted by atomic mass is 9.85. The van der Waals surface area contributed by atoms with Crippen molar-refractivity contribution in [2.45, 2.75) is 64.5 Å². The molecule has 1 aliphatic carbocycles. The molecule has 1 aromatic heterocycles. The summed E-state index contributed by atoms with van der Waals surface area (Å²) in [5.41, 5.74) is 0.882. The summed E-state index contributed by atoms with van der Waals surface area (Å²) in [4.78, 5) is 4.26. The Labute approximate surface area is 127 Å². The molecule has 1 atom stereocenters. The molecular formula is C16H28N4O. The second-order valence-corrected chi connectivity index (χ2v) is 6.04. The second-order valence-electron chi connectivity index (χ2n) is 6.04. The van der Waals surface area contributed by atoms with Crippen molar-refractivity contribution in [3.05, 3.63) is 18.0 Å². The van der Waals surface area contributed by atoms with Crippen LogP contribution in [0.15, 0.2) is 21.8 Å². The maximum absolute atomic E-state index is 4.82. The molecule has 0 bridgehead atoms. The maximum atomic E-state index is 4.82. The summed E-state index contributed by atoms with van der Waals surface area (Å²) in [6.45, 7) is 2.86. The van der Waals surface area contributed by atoms with Gasteiger partial charge in [-0.1, -0.05) is 37.3 Å². The predicted molar refractivity (Wildman–Crippen MR) is 85.1 cm³/mol. The highest BCUT2D eigenvalue weighted by Gasteiger charge is 2.15. The van der Waals surface area contributed by atoms with Crippen molar-refractivity contribution in [1.82, 2.24) is 15.8 Å². The lowest BCUT2D eigenvalue weighted by molar-refractivity contribution is 0.322. The fourth-order valence-electron chi connectivity index (χ4n) is 2.96. The highest BCUT2D eigenvalue weighted by Crippen LogP contribution is 2.27. The van der Waals surface area contributed by atoms with Crippen LogP contribution in [0.1, 0.15) is 57.6 Å². The number of nitrogens with one attached hydrogen (secondary N) is 2. The molecule has 1 unspecified atom stereocenters. The number of aromatic nitrogens is 1. The number of aliphatic imine (C=N–C) groups is 1. The molecular weight excluding hydrogens is 264 g/mol. The summed E-state index contributed by atoms with van der Waals surface area (Å²) in [5.74, 6) is 1.77. The van der Waals surface area contributed by atoms with Crippen LogP contribution >= 0.6 is 0 Å². The SMILES string of the molecule is CN=C(NCc1ccon1)NC(C)CCC1CCCCC1. The molecule has 1 heterocycles. The molecule has 0 aliphatic heterocycles. The first-order valence-electron chi connectivity index (χ1n) is 8.14. The van der Waals surface area contributed by atoms with Gasteiger partial charge in [0.2, 0.25) is 0 Å².